The summed E-state index contributed by atoms with van der Waals surface area (Å²) < 4.78 is 26.1. The number of phenols is 1. The van der Waals surface area contributed by atoms with Crippen LogP contribution in [0.2, 0.25) is 0 Å². The Morgan fingerprint density at radius 1 is 1.42 bits per heavy atom. The number of nitrogens with zero attached hydrogens (tertiary/aromatic N) is 1. The average Bonchev–Trinajstić information content (AvgIpc) is 2.27. The molecule has 0 radical (unpaired) electrons. The summed E-state index contributed by atoms with van der Waals surface area (Å²) in [6.45, 7) is 4.17. The van der Waals surface area contributed by atoms with E-state index in [0.29, 0.717) is 12.3 Å². The fourth-order valence-corrected chi connectivity index (χ4v) is 2.45. The normalized spacial score (nSPS) is 11.7. The molecule has 0 saturated heterocycles. The number of rotatable bonds is 6. The Morgan fingerprint density at radius 3 is 2.58 bits per heavy atom. The Hall–Kier alpha value is -1.67. The highest BCUT2D eigenvalue weighted by Gasteiger charge is 2.20. The molecule has 0 amide bonds. The van der Waals surface area contributed by atoms with Crippen molar-refractivity contribution in [2.24, 2.45) is 5.92 Å². The lowest BCUT2D eigenvalue weighted by Crippen LogP contribution is -2.25. The second kappa shape index (κ2) is 5.98. The van der Waals surface area contributed by atoms with E-state index in [-0.39, 0.29) is 11.4 Å². The molecule has 1 rings (SSSR count). The fraction of sp³-hybridized carbons (Fsp3) is 0.455. The first-order valence-electron chi connectivity index (χ1n) is 5.71. The average molecular weight is 288 g/mol. The van der Waals surface area contributed by atoms with Gasteiger partial charge in [0.05, 0.1) is 9.82 Å². The summed E-state index contributed by atoms with van der Waals surface area (Å²) in [5, 5.41) is 19.9. The Kier molecular flexibility index (Phi) is 4.84. The molecule has 8 heteroatoms. The zero-order valence-electron chi connectivity index (χ0n) is 10.7. The molecule has 7 nitrogen and oxygen atoms in total. The molecule has 2 N–H and O–H groups in total. The van der Waals surface area contributed by atoms with Crippen molar-refractivity contribution in [2.75, 3.05) is 6.54 Å². The Labute approximate surface area is 111 Å². The van der Waals surface area contributed by atoms with Gasteiger partial charge in [-0.25, -0.2) is 13.1 Å². The van der Waals surface area contributed by atoms with Crippen LogP contribution >= 0.6 is 0 Å². The summed E-state index contributed by atoms with van der Waals surface area (Å²) in [5.74, 6) is -0.219. The molecule has 1 aromatic carbocycles. The fourth-order valence-electron chi connectivity index (χ4n) is 1.38. The van der Waals surface area contributed by atoms with Gasteiger partial charge in [-0.1, -0.05) is 13.8 Å². The third-order valence-corrected chi connectivity index (χ3v) is 3.93. The summed E-state index contributed by atoms with van der Waals surface area (Å²) in [7, 11) is -3.79. The Balaban J connectivity index is 2.96. The van der Waals surface area contributed by atoms with Gasteiger partial charge in [0.15, 0.2) is 5.75 Å². The zero-order valence-corrected chi connectivity index (χ0v) is 11.5. The van der Waals surface area contributed by atoms with Crippen molar-refractivity contribution in [1.29, 1.82) is 0 Å². The molecule has 19 heavy (non-hydrogen) atoms. The lowest BCUT2D eigenvalue weighted by atomic mass is 10.1. The molecule has 0 heterocycles. The molecule has 0 fully saturated rings. The third kappa shape index (κ3) is 4.18. The molecule has 0 aliphatic rings. The van der Waals surface area contributed by atoms with E-state index in [1.165, 1.54) is 0 Å². The van der Waals surface area contributed by atoms with Crippen LogP contribution in [0, 0.1) is 16.0 Å². The molecule has 0 aliphatic carbocycles. The van der Waals surface area contributed by atoms with Gasteiger partial charge in [0.2, 0.25) is 10.0 Å². The molecule has 0 bridgehead atoms. The van der Waals surface area contributed by atoms with Gasteiger partial charge in [-0.15, -0.1) is 0 Å². The highest BCUT2D eigenvalue weighted by atomic mass is 32.2. The quantitative estimate of drug-likeness (QED) is 0.610. The van der Waals surface area contributed by atoms with Crippen LogP contribution in [0.15, 0.2) is 23.1 Å². The summed E-state index contributed by atoms with van der Waals surface area (Å²) in [4.78, 5) is 9.57. The highest BCUT2D eigenvalue weighted by Crippen LogP contribution is 2.28. The van der Waals surface area contributed by atoms with Gasteiger partial charge in [0.1, 0.15) is 0 Å². The Morgan fingerprint density at radius 2 is 2.05 bits per heavy atom. The monoisotopic (exact) mass is 288 g/mol. The van der Waals surface area contributed by atoms with Gasteiger partial charge in [0, 0.05) is 12.6 Å². The van der Waals surface area contributed by atoms with E-state index in [0.717, 1.165) is 18.2 Å². The maximum atomic E-state index is 11.9. The van der Waals surface area contributed by atoms with E-state index in [9.17, 15) is 23.6 Å². The third-order valence-electron chi connectivity index (χ3n) is 2.47. The first-order valence-corrected chi connectivity index (χ1v) is 7.19. The van der Waals surface area contributed by atoms with Crippen molar-refractivity contribution < 1.29 is 18.4 Å². The number of nitrogens with one attached hydrogen (secondary N) is 1. The molecular formula is C11H16N2O5S. The number of sulfonamides is 1. The van der Waals surface area contributed by atoms with Gasteiger partial charge in [-0.05, 0) is 24.5 Å². The summed E-state index contributed by atoms with van der Waals surface area (Å²) >= 11 is 0. The Bertz CT molecular complexity index is 568. The van der Waals surface area contributed by atoms with E-state index < -0.39 is 26.4 Å². The number of hydrogen-bond acceptors (Lipinski definition) is 5. The molecule has 0 aliphatic heterocycles. The maximum absolute atomic E-state index is 11.9. The van der Waals surface area contributed by atoms with Crippen molar-refractivity contribution in [3.63, 3.8) is 0 Å². The molecule has 106 valence electrons. The zero-order chi connectivity index (χ0) is 14.6. The van der Waals surface area contributed by atoms with Crippen LogP contribution in [0.1, 0.15) is 20.3 Å². The van der Waals surface area contributed by atoms with Gasteiger partial charge < -0.3 is 5.11 Å². The molecule has 1 aromatic rings. The number of nitro groups is 1. The molecule has 0 saturated carbocycles. The van der Waals surface area contributed by atoms with Gasteiger partial charge >= 0.3 is 5.69 Å². The van der Waals surface area contributed by atoms with Crippen LogP contribution in [-0.2, 0) is 10.0 Å². The minimum absolute atomic E-state index is 0.235. The van der Waals surface area contributed by atoms with E-state index in [2.05, 4.69) is 4.72 Å². The van der Waals surface area contributed by atoms with Crippen LogP contribution in [-0.4, -0.2) is 25.0 Å². The van der Waals surface area contributed by atoms with E-state index >= 15 is 0 Å². The molecule has 0 aromatic heterocycles. The smallest absolute Gasteiger partial charge is 0.312 e. The predicted molar refractivity (Wildman–Crippen MR) is 69.4 cm³/mol. The topological polar surface area (TPSA) is 110 Å². The number of benzene rings is 1. The van der Waals surface area contributed by atoms with Gasteiger partial charge in [0.25, 0.3) is 0 Å². The largest absolute Gasteiger partial charge is 0.502 e. The van der Waals surface area contributed by atoms with Crippen LogP contribution in [0.5, 0.6) is 5.75 Å². The number of hydrogen-bond donors (Lipinski definition) is 2. The first kappa shape index (κ1) is 15.4. The van der Waals surface area contributed by atoms with Crippen molar-refractivity contribution in [3.05, 3.63) is 28.3 Å². The van der Waals surface area contributed by atoms with Crippen LogP contribution in [0.3, 0.4) is 0 Å². The van der Waals surface area contributed by atoms with Crippen molar-refractivity contribution in [3.8, 4) is 5.75 Å². The standard InChI is InChI=1S/C11H16N2O5S/c1-8(2)5-6-12-19(17,18)9-3-4-11(14)10(7-9)13(15)16/h3-4,7-8,12,14H,5-6H2,1-2H3. The predicted octanol–water partition coefficient (Wildman–Crippen LogP) is 1.62. The van der Waals surface area contributed by atoms with Gasteiger partial charge in [-0.2, -0.15) is 0 Å². The van der Waals surface area contributed by atoms with E-state index in [1.807, 2.05) is 13.8 Å². The molecular weight excluding hydrogens is 272 g/mol. The van der Waals surface area contributed by atoms with E-state index in [4.69, 9.17) is 0 Å². The highest BCUT2D eigenvalue weighted by molar-refractivity contribution is 7.89. The summed E-state index contributed by atoms with van der Waals surface area (Å²) in [6, 6.07) is 2.96. The minimum atomic E-state index is -3.79. The van der Waals surface area contributed by atoms with Crippen molar-refractivity contribution >= 4 is 15.7 Å². The minimum Gasteiger partial charge on any atom is -0.502 e. The van der Waals surface area contributed by atoms with Crippen LogP contribution in [0.4, 0.5) is 5.69 Å². The second-order valence-electron chi connectivity index (χ2n) is 4.49. The summed E-state index contributed by atoms with van der Waals surface area (Å²) in [5.41, 5.74) is -0.633. The molecule has 0 unspecified atom stereocenters. The SMILES string of the molecule is CC(C)CCNS(=O)(=O)c1ccc(O)c([N+](=O)[O-])c1. The van der Waals surface area contributed by atoms with Crippen LogP contribution < -0.4 is 4.72 Å². The molecule has 0 spiro atoms. The lowest BCUT2D eigenvalue weighted by Gasteiger charge is -2.08. The van der Waals surface area contributed by atoms with Crippen LogP contribution in [0.25, 0.3) is 0 Å². The lowest BCUT2D eigenvalue weighted by molar-refractivity contribution is -0.386. The first-order chi connectivity index (χ1) is 8.74. The maximum Gasteiger partial charge on any atom is 0.312 e. The number of nitro benzene ring substituents is 1. The van der Waals surface area contributed by atoms with E-state index in [1.54, 1.807) is 0 Å². The molecule has 0 atom stereocenters. The number of phenolic OH excluding ortho intramolecular Hbond substituents is 1. The second-order valence-corrected chi connectivity index (χ2v) is 6.25. The van der Waals surface area contributed by atoms with Gasteiger partial charge in [-0.3, -0.25) is 10.1 Å². The van der Waals surface area contributed by atoms with Crippen molar-refractivity contribution in [1.82, 2.24) is 4.72 Å². The van der Waals surface area contributed by atoms with Crippen molar-refractivity contribution in [2.45, 2.75) is 25.2 Å². The number of aromatic hydroxyl groups is 1. The summed E-state index contributed by atoms with van der Waals surface area (Å²) in [6.07, 6.45) is 0.666.